The molecule has 108 valence electrons. The van der Waals surface area contributed by atoms with Crippen LogP contribution in [0.5, 0.6) is 5.75 Å². The highest BCUT2D eigenvalue weighted by Gasteiger charge is 1.99. The molecule has 0 saturated heterocycles. The Bertz CT molecular complexity index is 624. The van der Waals surface area contributed by atoms with Crippen LogP contribution in [0.25, 0.3) is 0 Å². The maximum atomic E-state index is 11.6. The Kier molecular flexibility index (Phi) is 5.34. The highest BCUT2D eigenvalue weighted by atomic mass is 79.9. The summed E-state index contributed by atoms with van der Waals surface area (Å²) < 4.78 is 0.982. The number of carbonyl (C=O) groups is 1. The molecule has 21 heavy (non-hydrogen) atoms. The molecule has 2 rings (SSSR count). The maximum absolute atomic E-state index is 11.6. The smallest absolute Gasteiger partial charge is 0.259 e. The lowest BCUT2D eigenvalue weighted by molar-refractivity contribution is -0.119. The van der Waals surface area contributed by atoms with Crippen LogP contribution >= 0.6 is 15.9 Å². The van der Waals surface area contributed by atoms with Gasteiger partial charge in [0.25, 0.3) is 5.91 Å². The summed E-state index contributed by atoms with van der Waals surface area (Å²) in [6, 6.07) is 14.0. The lowest BCUT2D eigenvalue weighted by atomic mass is 10.2. The molecule has 0 aromatic heterocycles. The van der Waals surface area contributed by atoms with Crippen LogP contribution in [-0.2, 0) is 4.79 Å². The fourth-order valence-corrected chi connectivity index (χ4v) is 1.79. The van der Waals surface area contributed by atoms with E-state index in [4.69, 9.17) is 5.11 Å². The van der Waals surface area contributed by atoms with Gasteiger partial charge in [0, 0.05) is 10.2 Å². The van der Waals surface area contributed by atoms with Crippen LogP contribution in [0, 0.1) is 0 Å². The average Bonchev–Trinajstić information content (AvgIpc) is 2.49. The topological polar surface area (TPSA) is 73.7 Å². The van der Waals surface area contributed by atoms with E-state index in [1.807, 2.05) is 24.3 Å². The molecule has 0 atom stereocenters. The largest absolute Gasteiger partial charge is 0.508 e. The van der Waals surface area contributed by atoms with Gasteiger partial charge in [0.05, 0.1) is 12.8 Å². The molecule has 3 N–H and O–H groups in total. The van der Waals surface area contributed by atoms with Gasteiger partial charge in [-0.25, -0.2) is 5.43 Å². The molecule has 5 nitrogen and oxygen atoms in total. The molecule has 0 saturated carbocycles. The van der Waals surface area contributed by atoms with Crippen LogP contribution in [0.15, 0.2) is 58.1 Å². The summed E-state index contributed by atoms with van der Waals surface area (Å²) in [5.41, 5.74) is 4.07. The monoisotopic (exact) mass is 347 g/mol. The van der Waals surface area contributed by atoms with Gasteiger partial charge in [0.1, 0.15) is 5.75 Å². The van der Waals surface area contributed by atoms with Crippen molar-refractivity contribution < 1.29 is 9.90 Å². The standard InChI is InChI=1S/C15H14BrN3O2/c16-12-3-5-13(6-4-12)17-10-15(21)19-18-9-11-1-7-14(20)8-2-11/h1-9,17,20H,10H2,(H,19,21)/b18-9-. The number of phenolic OH excluding ortho intramolecular Hbond substituents is 1. The molecule has 1 amide bonds. The number of nitrogens with one attached hydrogen (secondary N) is 2. The first-order chi connectivity index (χ1) is 10.1. The van der Waals surface area contributed by atoms with Crippen molar-refractivity contribution in [3.8, 4) is 5.75 Å². The SMILES string of the molecule is O=C(CNc1ccc(Br)cc1)N/N=C\c1ccc(O)cc1. The third-order valence-electron chi connectivity index (χ3n) is 2.59. The van der Waals surface area contributed by atoms with Gasteiger partial charge in [-0.3, -0.25) is 4.79 Å². The van der Waals surface area contributed by atoms with Gasteiger partial charge >= 0.3 is 0 Å². The number of benzene rings is 2. The van der Waals surface area contributed by atoms with Crippen molar-refractivity contribution in [3.63, 3.8) is 0 Å². The summed E-state index contributed by atoms with van der Waals surface area (Å²) in [4.78, 5) is 11.6. The Balaban J connectivity index is 1.77. The second-order valence-electron chi connectivity index (χ2n) is 4.25. The van der Waals surface area contributed by atoms with E-state index in [1.165, 1.54) is 6.21 Å². The highest BCUT2D eigenvalue weighted by Crippen LogP contribution is 2.13. The summed E-state index contributed by atoms with van der Waals surface area (Å²) in [5.74, 6) is -0.0529. The van der Waals surface area contributed by atoms with Crippen molar-refractivity contribution >= 4 is 33.7 Å². The number of phenols is 1. The van der Waals surface area contributed by atoms with E-state index in [2.05, 4.69) is 31.8 Å². The molecule has 0 radical (unpaired) electrons. The summed E-state index contributed by atoms with van der Waals surface area (Å²) >= 11 is 3.34. The number of anilines is 1. The minimum Gasteiger partial charge on any atom is -0.508 e. The summed E-state index contributed by atoms with van der Waals surface area (Å²) in [6.45, 7) is 0.133. The lowest BCUT2D eigenvalue weighted by Gasteiger charge is -2.05. The molecule has 0 fully saturated rings. The van der Waals surface area contributed by atoms with Crippen molar-refractivity contribution in [2.75, 3.05) is 11.9 Å². The predicted molar refractivity (Wildman–Crippen MR) is 86.5 cm³/mol. The average molecular weight is 348 g/mol. The number of aromatic hydroxyl groups is 1. The maximum Gasteiger partial charge on any atom is 0.259 e. The fraction of sp³-hybridized carbons (Fsp3) is 0.0667. The van der Waals surface area contributed by atoms with E-state index in [0.717, 1.165) is 15.7 Å². The van der Waals surface area contributed by atoms with Crippen molar-refractivity contribution in [1.82, 2.24) is 5.43 Å². The van der Waals surface area contributed by atoms with Crippen LogP contribution in [-0.4, -0.2) is 23.8 Å². The molecule has 0 aliphatic rings. The van der Waals surface area contributed by atoms with Crippen molar-refractivity contribution in [3.05, 3.63) is 58.6 Å². The van der Waals surface area contributed by atoms with Gasteiger partial charge in [0.15, 0.2) is 0 Å². The zero-order valence-electron chi connectivity index (χ0n) is 11.1. The van der Waals surface area contributed by atoms with Crippen molar-refractivity contribution in [2.45, 2.75) is 0 Å². The molecular weight excluding hydrogens is 334 g/mol. The van der Waals surface area contributed by atoms with E-state index in [1.54, 1.807) is 24.3 Å². The van der Waals surface area contributed by atoms with E-state index in [0.29, 0.717) is 0 Å². The Labute approximate surface area is 130 Å². The second kappa shape index (κ2) is 7.44. The summed E-state index contributed by atoms with van der Waals surface area (Å²) in [7, 11) is 0. The minimum absolute atomic E-state index is 0.133. The van der Waals surface area contributed by atoms with E-state index in [9.17, 15) is 4.79 Å². The molecule has 0 aliphatic heterocycles. The third-order valence-corrected chi connectivity index (χ3v) is 3.12. The van der Waals surface area contributed by atoms with E-state index < -0.39 is 0 Å². The normalized spacial score (nSPS) is 10.5. The minimum atomic E-state index is -0.243. The van der Waals surface area contributed by atoms with Crippen molar-refractivity contribution in [2.24, 2.45) is 5.10 Å². The highest BCUT2D eigenvalue weighted by molar-refractivity contribution is 9.10. The molecule has 0 bridgehead atoms. The number of hydrogen-bond donors (Lipinski definition) is 3. The molecule has 0 unspecified atom stereocenters. The first kappa shape index (κ1) is 15.1. The van der Waals surface area contributed by atoms with Crippen LogP contribution in [0.2, 0.25) is 0 Å². The summed E-state index contributed by atoms with van der Waals surface area (Å²) in [6.07, 6.45) is 1.51. The Morgan fingerprint density at radius 3 is 2.48 bits per heavy atom. The number of rotatable bonds is 5. The molecular formula is C15H14BrN3O2. The summed E-state index contributed by atoms with van der Waals surface area (Å²) in [5, 5.41) is 16.0. The van der Waals surface area contributed by atoms with Gasteiger partial charge in [-0.2, -0.15) is 5.10 Å². The van der Waals surface area contributed by atoms with Crippen LogP contribution in [0.1, 0.15) is 5.56 Å². The molecule has 6 heteroatoms. The van der Waals surface area contributed by atoms with Crippen LogP contribution < -0.4 is 10.7 Å². The number of hydrogen-bond acceptors (Lipinski definition) is 4. The lowest BCUT2D eigenvalue weighted by Crippen LogP contribution is -2.25. The van der Waals surface area contributed by atoms with Gasteiger partial charge in [-0.15, -0.1) is 0 Å². The zero-order valence-corrected chi connectivity index (χ0v) is 12.7. The Morgan fingerprint density at radius 2 is 1.81 bits per heavy atom. The molecule has 0 spiro atoms. The predicted octanol–water partition coefficient (Wildman–Crippen LogP) is 2.72. The van der Waals surface area contributed by atoms with E-state index in [-0.39, 0.29) is 18.2 Å². The van der Waals surface area contributed by atoms with Gasteiger partial charge in [-0.05, 0) is 54.1 Å². The van der Waals surface area contributed by atoms with E-state index >= 15 is 0 Å². The molecule has 0 aliphatic carbocycles. The van der Waals surface area contributed by atoms with Gasteiger partial charge in [0.2, 0.25) is 0 Å². The molecule has 2 aromatic carbocycles. The fourth-order valence-electron chi connectivity index (χ4n) is 1.53. The van der Waals surface area contributed by atoms with Crippen LogP contribution in [0.3, 0.4) is 0 Å². The molecule has 0 heterocycles. The Morgan fingerprint density at radius 1 is 1.14 bits per heavy atom. The number of nitrogens with zero attached hydrogens (tertiary/aromatic N) is 1. The molecule has 2 aromatic rings. The number of hydrazone groups is 1. The van der Waals surface area contributed by atoms with Gasteiger partial charge < -0.3 is 10.4 Å². The number of halogens is 1. The first-order valence-corrected chi connectivity index (χ1v) is 7.03. The second-order valence-corrected chi connectivity index (χ2v) is 5.16. The quantitative estimate of drug-likeness (QED) is 0.575. The van der Waals surface area contributed by atoms with Crippen LogP contribution in [0.4, 0.5) is 5.69 Å². The first-order valence-electron chi connectivity index (χ1n) is 6.24. The third kappa shape index (κ3) is 5.27. The number of carbonyl (C=O) groups excluding carboxylic acids is 1. The Hall–Kier alpha value is -2.34. The number of amides is 1. The van der Waals surface area contributed by atoms with Crippen molar-refractivity contribution in [1.29, 1.82) is 0 Å². The zero-order chi connectivity index (χ0) is 15.1. The van der Waals surface area contributed by atoms with Gasteiger partial charge in [-0.1, -0.05) is 15.9 Å².